The van der Waals surface area contributed by atoms with E-state index in [2.05, 4.69) is 6.07 Å². The number of hydrogen-bond acceptors (Lipinski definition) is 4. The van der Waals surface area contributed by atoms with Crippen molar-refractivity contribution in [2.24, 2.45) is 5.73 Å². The minimum Gasteiger partial charge on any atom is -0.490 e. The molecule has 5 heteroatoms. The number of hydrogen-bond donors (Lipinski definition) is 1. The van der Waals surface area contributed by atoms with Crippen molar-refractivity contribution in [3.8, 4) is 17.6 Å². The second kappa shape index (κ2) is 6.96. The molecule has 5 nitrogen and oxygen atoms in total. The SMILES string of the molecule is N#Cc1ccccc1OCCOc1ccc(C(N)=O)cc1. The van der Waals surface area contributed by atoms with E-state index in [9.17, 15) is 4.79 Å². The Morgan fingerprint density at radius 2 is 1.71 bits per heavy atom. The Morgan fingerprint density at radius 3 is 2.38 bits per heavy atom. The van der Waals surface area contributed by atoms with Crippen molar-refractivity contribution >= 4 is 5.91 Å². The van der Waals surface area contributed by atoms with Gasteiger partial charge in [-0.3, -0.25) is 4.79 Å². The van der Waals surface area contributed by atoms with Crippen molar-refractivity contribution in [3.05, 3.63) is 59.7 Å². The zero-order valence-electron chi connectivity index (χ0n) is 11.3. The van der Waals surface area contributed by atoms with Crippen molar-refractivity contribution in [3.63, 3.8) is 0 Å². The van der Waals surface area contributed by atoms with Gasteiger partial charge in [0.1, 0.15) is 30.8 Å². The third-order valence-corrected chi connectivity index (χ3v) is 2.76. The van der Waals surface area contributed by atoms with Gasteiger partial charge in [0.15, 0.2) is 0 Å². The van der Waals surface area contributed by atoms with Gasteiger partial charge in [0.05, 0.1) is 5.56 Å². The number of benzene rings is 2. The topological polar surface area (TPSA) is 85.3 Å². The summed E-state index contributed by atoms with van der Waals surface area (Å²) in [6.45, 7) is 0.645. The molecule has 2 aromatic rings. The molecular formula is C16H14N2O3. The molecule has 21 heavy (non-hydrogen) atoms. The molecule has 106 valence electrons. The van der Waals surface area contributed by atoms with Crippen LogP contribution in [0, 0.1) is 11.3 Å². The second-order valence-electron chi connectivity index (χ2n) is 4.19. The summed E-state index contributed by atoms with van der Waals surface area (Å²) in [6, 6.07) is 15.6. The summed E-state index contributed by atoms with van der Waals surface area (Å²) in [5.74, 6) is 0.683. The lowest BCUT2D eigenvalue weighted by atomic mass is 10.2. The van der Waals surface area contributed by atoms with Gasteiger partial charge in [-0.2, -0.15) is 5.26 Å². The molecule has 0 bridgehead atoms. The maximum Gasteiger partial charge on any atom is 0.248 e. The van der Waals surface area contributed by atoms with E-state index in [-0.39, 0.29) is 0 Å². The quantitative estimate of drug-likeness (QED) is 0.822. The summed E-state index contributed by atoms with van der Waals surface area (Å²) in [5.41, 5.74) is 6.07. The lowest BCUT2D eigenvalue weighted by Crippen LogP contribution is -2.11. The molecule has 0 fully saturated rings. The summed E-state index contributed by atoms with van der Waals surface area (Å²) in [5, 5.41) is 8.92. The minimum absolute atomic E-state index is 0.316. The van der Waals surface area contributed by atoms with Crippen molar-refractivity contribution in [2.45, 2.75) is 0 Å². The number of carbonyl (C=O) groups excluding carboxylic acids is 1. The Kier molecular flexibility index (Phi) is 4.78. The zero-order valence-corrected chi connectivity index (χ0v) is 11.3. The summed E-state index contributed by atoms with van der Waals surface area (Å²) >= 11 is 0. The maximum atomic E-state index is 10.9. The second-order valence-corrected chi connectivity index (χ2v) is 4.19. The Bertz CT molecular complexity index is 660. The highest BCUT2D eigenvalue weighted by molar-refractivity contribution is 5.92. The number of para-hydroxylation sites is 1. The standard InChI is InChI=1S/C16H14N2O3/c17-11-13-3-1-2-4-15(13)21-10-9-20-14-7-5-12(6-8-14)16(18)19/h1-8H,9-10H2,(H2,18,19). The molecule has 2 rings (SSSR count). The van der Waals surface area contributed by atoms with Crippen LogP contribution in [-0.4, -0.2) is 19.1 Å². The van der Waals surface area contributed by atoms with Gasteiger partial charge < -0.3 is 15.2 Å². The highest BCUT2D eigenvalue weighted by atomic mass is 16.5. The molecule has 0 saturated carbocycles. The van der Waals surface area contributed by atoms with E-state index in [1.54, 1.807) is 48.5 Å². The van der Waals surface area contributed by atoms with E-state index in [0.717, 1.165) is 0 Å². The van der Waals surface area contributed by atoms with Crippen LogP contribution in [0.4, 0.5) is 0 Å². The van der Waals surface area contributed by atoms with Crippen LogP contribution >= 0.6 is 0 Å². The van der Waals surface area contributed by atoms with Gasteiger partial charge in [-0.1, -0.05) is 12.1 Å². The molecule has 0 spiro atoms. The monoisotopic (exact) mass is 282 g/mol. The first-order chi connectivity index (χ1) is 10.2. The number of nitrogens with two attached hydrogens (primary N) is 1. The van der Waals surface area contributed by atoms with Gasteiger partial charge in [-0.15, -0.1) is 0 Å². The molecular weight excluding hydrogens is 268 g/mol. The third-order valence-electron chi connectivity index (χ3n) is 2.76. The number of nitrogens with zero attached hydrogens (tertiary/aromatic N) is 1. The number of nitriles is 1. The predicted molar refractivity (Wildman–Crippen MR) is 77.1 cm³/mol. The number of carbonyl (C=O) groups is 1. The van der Waals surface area contributed by atoms with E-state index in [1.165, 1.54) is 0 Å². The van der Waals surface area contributed by atoms with Crippen LogP contribution in [0.25, 0.3) is 0 Å². The van der Waals surface area contributed by atoms with Crippen LogP contribution in [0.3, 0.4) is 0 Å². The Morgan fingerprint density at radius 1 is 1.05 bits per heavy atom. The van der Waals surface area contributed by atoms with Crippen LogP contribution in [0.2, 0.25) is 0 Å². The first-order valence-corrected chi connectivity index (χ1v) is 6.35. The molecule has 0 radical (unpaired) electrons. The fourth-order valence-electron chi connectivity index (χ4n) is 1.71. The molecule has 0 unspecified atom stereocenters. The molecule has 0 aromatic heterocycles. The van der Waals surface area contributed by atoms with E-state index in [4.69, 9.17) is 20.5 Å². The van der Waals surface area contributed by atoms with Crippen molar-refractivity contribution in [1.29, 1.82) is 5.26 Å². The van der Waals surface area contributed by atoms with Crippen LogP contribution in [-0.2, 0) is 0 Å². The van der Waals surface area contributed by atoms with Crippen molar-refractivity contribution < 1.29 is 14.3 Å². The Balaban J connectivity index is 1.82. The van der Waals surface area contributed by atoms with Crippen LogP contribution < -0.4 is 15.2 Å². The van der Waals surface area contributed by atoms with Gasteiger partial charge >= 0.3 is 0 Å². The number of ether oxygens (including phenoxy) is 2. The summed E-state index contributed by atoms with van der Waals surface area (Å²) in [4.78, 5) is 10.9. The van der Waals surface area contributed by atoms with Crippen LogP contribution in [0.5, 0.6) is 11.5 Å². The van der Waals surface area contributed by atoms with Gasteiger partial charge in [0.2, 0.25) is 5.91 Å². The predicted octanol–water partition coefficient (Wildman–Crippen LogP) is 2.11. The smallest absolute Gasteiger partial charge is 0.248 e. The molecule has 0 heterocycles. The molecule has 2 aromatic carbocycles. The molecule has 2 N–H and O–H groups in total. The number of amides is 1. The number of rotatable bonds is 6. The molecule has 1 amide bonds. The molecule has 0 aliphatic carbocycles. The van der Waals surface area contributed by atoms with E-state index in [1.807, 2.05) is 0 Å². The van der Waals surface area contributed by atoms with Gasteiger partial charge in [-0.25, -0.2) is 0 Å². The van der Waals surface area contributed by atoms with Crippen molar-refractivity contribution in [1.82, 2.24) is 0 Å². The van der Waals surface area contributed by atoms with Crippen LogP contribution in [0.1, 0.15) is 15.9 Å². The largest absolute Gasteiger partial charge is 0.490 e. The highest BCUT2D eigenvalue weighted by Gasteiger charge is 2.02. The lowest BCUT2D eigenvalue weighted by molar-refractivity contribution is 0.1000. The first-order valence-electron chi connectivity index (χ1n) is 6.35. The van der Waals surface area contributed by atoms with E-state index < -0.39 is 5.91 Å². The average Bonchev–Trinajstić information content (AvgIpc) is 2.52. The van der Waals surface area contributed by atoms with E-state index in [0.29, 0.717) is 35.8 Å². The maximum absolute atomic E-state index is 10.9. The molecule has 0 atom stereocenters. The zero-order chi connectivity index (χ0) is 15.1. The normalized spacial score (nSPS) is 9.67. The van der Waals surface area contributed by atoms with Gasteiger partial charge in [0, 0.05) is 5.56 Å². The third kappa shape index (κ3) is 3.98. The summed E-state index contributed by atoms with van der Waals surface area (Å²) in [7, 11) is 0. The molecule has 0 aliphatic heterocycles. The fourth-order valence-corrected chi connectivity index (χ4v) is 1.71. The number of primary amides is 1. The Hall–Kier alpha value is -3.00. The highest BCUT2D eigenvalue weighted by Crippen LogP contribution is 2.16. The minimum atomic E-state index is -0.474. The Labute approximate surface area is 122 Å². The summed E-state index contributed by atoms with van der Waals surface area (Å²) < 4.78 is 11.0. The van der Waals surface area contributed by atoms with Crippen LogP contribution in [0.15, 0.2) is 48.5 Å². The molecule has 0 saturated heterocycles. The lowest BCUT2D eigenvalue weighted by Gasteiger charge is -2.09. The average molecular weight is 282 g/mol. The van der Waals surface area contributed by atoms with Gasteiger partial charge in [0.25, 0.3) is 0 Å². The summed E-state index contributed by atoms with van der Waals surface area (Å²) in [6.07, 6.45) is 0. The van der Waals surface area contributed by atoms with Crippen molar-refractivity contribution in [2.75, 3.05) is 13.2 Å². The fraction of sp³-hybridized carbons (Fsp3) is 0.125. The van der Waals surface area contributed by atoms with E-state index >= 15 is 0 Å². The molecule has 0 aliphatic rings. The van der Waals surface area contributed by atoms with Gasteiger partial charge in [-0.05, 0) is 36.4 Å². The first kappa shape index (κ1) is 14.4.